The number of hydrogen-bond donors (Lipinski definition) is 1. The van der Waals surface area contributed by atoms with Crippen molar-refractivity contribution in [3.63, 3.8) is 0 Å². The normalized spacial score (nSPS) is 16.5. The lowest BCUT2D eigenvalue weighted by Crippen LogP contribution is -2.26. The van der Waals surface area contributed by atoms with Crippen LogP contribution in [0.4, 0.5) is 0 Å². The van der Waals surface area contributed by atoms with Gasteiger partial charge in [-0.3, -0.25) is 0 Å². The summed E-state index contributed by atoms with van der Waals surface area (Å²) in [5.41, 5.74) is 2.40. The minimum absolute atomic E-state index is 0.318. The molecule has 0 spiro atoms. The third-order valence-electron chi connectivity index (χ3n) is 3.96. The molecule has 1 atom stereocenters. The van der Waals surface area contributed by atoms with Crippen molar-refractivity contribution < 1.29 is 14.2 Å². The summed E-state index contributed by atoms with van der Waals surface area (Å²) in [7, 11) is 3.30. The Kier molecular flexibility index (Phi) is 4.49. The third-order valence-corrected chi connectivity index (χ3v) is 3.96. The molecule has 0 radical (unpaired) electrons. The van der Waals surface area contributed by atoms with E-state index >= 15 is 0 Å². The van der Waals surface area contributed by atoms with Gasteiger partial charge in [0.2, 0.25) is 0 Å². The molecule has 0 aliphatic carbocycles. The van der Waals surface area contributed by atoms with E-state index in [1.54, 1.807) is 14.2 Å². The number of fused-ring (bicyclic) bond motifs is 1. The summed E-state index contributed by atoms with van der Waals surface area (Å²) >= 11 is 0. The highest BCUT2D eigenvalue weighted by Gasteiger charge is 2.20. The minimum Gasteiger partial charge on any atom is -0.493 e. The van der Waals surface area contributed by atoms with Crippen LogP contribution in [0.2, 0.25) is 0 Å². The Labute approximate surface area is 131 Å². The maximum absolute atomic E-state index is 5.70. The molecule has 2 aromatic carbocycles. The maximum atomic E-state index is 5.70. The summed E-state index contributed by atoms with van der Waals surface area (Å²) in [6.07, 6.45) is 0.976. The molecular weight excluding hydrogens is 278 g/mol. The summed E-state index contributed by atoms with van der Waals surface area (Å²) in [6.45, 7) is 1.53. The fraction of sp³-hybridized carbons (Fsp3) is 0.333. The van der Waals surface area contributed by atoms with Crippen molar-refractivity contribution in [1.29, 1.82) is 0 Å². The SMILES string of the molecule is COc1ccc(CN[C@H]2CCOc3ccccc32)cc1OC. The van der Waals surface area contributed by atoms with Crippen LogP contribution in [0.25, 0.3) is 0 Å². The van der Waals surface area contributed by atoms with Crippen LogP contribution in [-0.4, -0.2) is 20.8 Å². The van der Waals surface area contributed by atoms with Gasteiger partial charge in [-0.2, -0.15) is 0 Å². The lowest BCUT2D eigenvalue weighted by Gasteiger charge is -2.26. The van der Waals surface area contributed by atoms with Gasteiger partial charge in [0, 0.05) is 24.6 Å². The molecule has 0 fully saturated rings. The zero-order valence-electron chi connectivity index (χ0n) is 13.0. The Morgan fingerprint density at radius 2 is 1.91 bits per heavy atom. The Morgan fingerprint density at radius 1 is 1.09 bits per heavy atom. The highest BCUT2D eigenvalue weighted by molar-refractivity contribution is 5.43. The van der Waals surface area contributed by atoms with Gasteiger partial charge in [-0.25, -0.2) is 0 Å². The number of benzene rings is 2. The first kappa shape index (κ1) is 14.7. The quantitative estimate of drug-likeness (QED) is 0.919. The molecule has 1 aliphatic heterocycles. The van der Waals surface area contributed by atoms with Gasteiger partial charge in [-0.15, -0.1) is 0 Å². The zero-order valence-corrected chi connectivity index (χ0v) is 13.0. The smallest absolute Gasteiger partial charge is 0.161 e. The molecule has 0 unspecified atom stereocenters. The van der Waals surface area contributed by atoms with Gasteiger partial charge >= 0.3 is 0 Å². The molecule has 1 aliphatic rings. The molecule has 0 saturated heterocycles. The summed E-state index contributed by atoms with van der Waals surface area (Å²) < 4.78 is 16.3. The van der Waals surface area contributed by atoms with Gasteiger partial charge in [0.1, 0.15) is 5.75 Å². The van der Waals surface area contributed by atoms with Crippen LogP contribution in [0.3, 0.4) is 0 Å². The molecule has 116 valence electrons. The van der Waals surface area contributed by atoms with Crippen molar-refractivity contribution in [2.75, 3.05) is 20.8 Å². The summed E-state index contributed by atoms with van der Waals surface area (Å²) in [4.78, 5) is 0. The molecule has 4 nitrogen and oxygen atoms in total. The number of hydrogen-bond acceptors (Lipinski definition) is 4. The molecule has 0 aromatic heterocycles. The first-order valence-electron chi connectivity index (χ1n) is 7.48. The average Bonchev–Trinajstić information content (AvgIpc) is 2.59. The largest absolute Gasteiger partial charge is 0.493 e. The van der Waals surface area contributed by atoms with Crippen LogP contribution in [0.1, 0.15) is 23.6 Å². The van der Waals surface area contributed by atoms with E-state index in [0.717, 1.165) is 36.8 Å². The van der Waals surface area contributed by atoms with Crippen LogP contribution in [0.15, 0.2) is 42.5 Å². The van der Waals surface area contributed by atoms with E-state index in [-0.39, 0.29) is 0 Å². The number of ether oxygens (including phenoxy) is 3. The lowest BCUT2D eigenvalue weighted by molar-refractivity contribution is 0.252. The maximum Gasteiger partial charge on any atom is 0.161 e. The van der Waals surface area contributed by atoms with Crippen LogP contribution in [0, 0.1) is 0 Å². The topological polar surface area (TPSA) is 39.7 Å². The van der Waals surface area contributed by atoms with Crippen molar-refractivity contribution in [3.8, 4) is 17.2 Å². The van der Waals surface area contributed by atoms with Crippen LogP contribution in [0.5, 0.6) is 17.2 Å². The van der Waals surface area contributed by atoms with Crippen molar-refractivity contribution in [1.82, 2.24) is 5.32 Å². The van der Waals surface area contributed by atoms with Gasteiger partial charge in [-0.05, 0) is 23.8 Å². The Hall–Kier alpha value is -2.20. The molecule has 1 N–H and O–H groups in total. The summed E-state index contributed by atoms with van der Waals surface area (Å²) in [5.74, 6) is 2.50. The Balaban J connectivity index is 1.71. The molecule has 22 heavy (non-hydrogen) atoms. The molecular formula is C18H21NO3. The molecule has 3 rings (SSSR count). The van der Waals surface area contributed by atoms with Gasteiger partial charge in [0.25, 0.3) is 0 Å². The van der Waals surface area contributed by atoms with E-state index in [1.165, 1.54) is 11.1 Å². The first-order valence-corrected chi connectivity index (χ1v) is 7.48. The van der Waals surface area contributed by atoms with Gasteiger partial charge in [0.05, 0.1) is 20.8 Å². The molecule has 1 heterocycles. The fourth-order valence-electron chi connectivity index (χ4n) is 2.79. The first-order chi connectivity index (χ1) is 10.8. The predicted molar refractivity (Wildman–Crippen MR) is 85.7 cm³/mol. The zero-order chi connectivity index (χ0) is 15.4. The Morgan fingerprint density at radius 3 is 2.73 bits per heavy atom. The highest BCUT2D eigenvalue weighted by Crippen LogP contribution is 2.32. The summed E-state index contributed by atoms with van der Waals surface area (Å²) in [6, 6.07) is 14.5. The number of nitrogens with one attached hydrogen (secondary N) is 1. The number of rotatable bonds is 5. The fourth-order valence-corrected chi connectivity index (χ4v) is 2.79. The van der Waals surface area contributed by atoms with Crippen molar-refractivity contribution in [3.05, 3.63) is 53.6 Å². The molecule has 4 heteroatoms. The molecule has 2 aromatic rings. The summed E-state index contributed by atoms with van der Waals surface area (Å²) in [5, 5.41) is 3.61. The second-order valence-electron chi connectivity index (χ2n) is 5.30. The number of methoxy groups -OCH3 is 2. The van der Waals surface area contributed by atoms with Gasteiger partial charge in [0.15, 0.2) is 11.5 Å². The van der Waals surface area contributed by atoms with Gasteiger partial charge < -0.3 is 19.5 Å². The minimum atomic E-state index is 0.318. The van der Waals surface area contributed by atoms with Crippen LogP contribution in [-0.2, 0) is 6.54 Å². The standard InChI is InChI=1S/C18H21NO3/c1-20-17-8-7-13(11-18(17)21-2)12-19-15-9-10-22-16-6-4-3-5-14(15)16/h3-8,11,15,19H,9-10,12H2,1-2H3/t15-/m0/s1. The average molecular weight is 299 g/mol. The molecule has 0 saturated carbocycles. The van der Waals surface area contributed by atoms with E-state index in [9.17, 15) is 0 Å². The lowest BCUT2D eigenvalue weighted by atomic mass is 10.0. The van der Waals surface area contributed by atoms with E-state index in [4.69, 9.17) is 14.2 Å². The monoisotopic (exact) mass is 299 g/mol. The van der Waals surface area contributed by atoms with Crippen molar-refractivity contribution in [2.45, 2.75) is 19.0 Å². The second-order valence-corrected chi connectivity index (χ2v) is 5.30. The van der Waals surface area contributed by atoms with E-state index < -0.39 is 0 Å². The van der Waals surface area contributed by atoms with Crippen LogP contribution >= 0.6 is 0 Å². The van der Waals surface area contributed by atoms with E-state index in [2.05, 4.69) is 23.5 Å². The second kappa shape index (κ2) is 6.71. The van der Waals surface area contributed by atoms with Crippen molar-refractivity contribution >= 4 is 0 Å². The van der Waals surface area contributed by atoms with Crippen LogP contribution < -0.4 is 19.5 Å². The third kappa shape index (κ3) is 3.02. The predicted octanol–water partition coefficient (Wildman–Crippen LogP) is 3.32. The highest BCUT2D eigenvalue weighted by atomic mass is 16.5. The Bertz CT molecular complexity index is 642. The van der Waals surface area contributed by atoms with Crippen molar-refractivity contribution in [2.24, 2.45) is 0 Å². The van der Waals surface area contributed by atoms with Gasteiger partial charge in [-0.1, -0.05) is 24.3 Å². The number of para-hydroxylation sites is 1. The molecule has 0 bridgehead atoms. The van der Waals surface area contributed by atoms with E-state index in [1.807, 2.05) is 24.3 Å². The molecule has 0 amide bonds. The van der Waals surface area contributed by atoms with E-state index in [0.29, 0.717) is 6.04 Å².